The summed E-state index contributed by atoms with van der Waals surface area (Å²) in [4.78, 5) is 0. The molecule has 0 saturated carbocycles. The van der Waals surface area contributed by atoms with Crippen molar-refractivity contribution in [2.45, 2.75) is 12.5 Å². The molecule has 0 atom stereocenters. The van der Waals surface area contributed by atoms with E-state index >= 15 is 0 Å². The Bertz CT molecular complexity index is 790. The van der Waals surface area contributed by atoms with Crippen molar-refractivity contribution in [1.29, 1.82) is 0 Å². The van der Waals surface area contributed by atoms with E-state index in [9.17, 15) is 0 Å². The fraction of sp³-hybridized carbons (Fsp3) is 0.379. The van der Waals surface area contributed by atoms with Gasteiger partial charge in [0.25, 0.3) is 0 Å². The van der Waals surface area contributed by atoms with Gasteiger partial charge < -0.3 is 23.7 Å². The monoisotopic (exact) mass is 464 g/mol. The van der Waals surface area contributed by atoms with Gasteiger partial charge >= 0.3 is 0 Å². The first-order valence-electron chi connectivity index (χ1n) is 12.0. The normalized spacial score (nSPS) is 11.6. The summed E-state index contributed by atoms with van der Waals surface area (Å²) >= 11 is 0. The van der Waals surface area contributed by atoms with Gasteiger partial charge in [0.1, 0.15) is 5.60 Å². The summed E-state index contributed by atoms with van der Waals surface area (Å²) < 4.78 is 28.7. The topological polar surface area (TPSA) is 46.2 Å². The van der Waals surface area contributed by atoms with E-state index in [-0.39, 0.29) is 0 Å². The first-order valence-corrected chi connectivity index (χ1v) is 12.0. The zero-order valence-corrected chi connectivity index (χ0v) is 20.1. The third-order valence-electron chi connectivity index (χ3n) is 5.41. The van der Waals surface area contributed by atoms with E-state index in [4.69, 9.17) is 23.7 Å². The van der Waals surface area contributed by atoms with Crippen molar-refractivity contribution >= 4 is 0 Å². The second kappa shape index (κ2) is 15.4. The van der Waals surface area contributed by atoms with Gasteiger partial charge in [0.05, 0.1) is 52.9 Å². The van der Waals surface area contributed by atoms with Crippen LogP contribution in [0.15, 0.2) is 91.0 Å². The van der Waals surface area contributed by atoms with E-state index in [0.717, 1.165) is 16.7 Å². The maximum Gasteiger partial charge on any atom is 0.143 e. The van der Waals surface area contributed by atoms with Crippen LogP contribution >= 0.6 is 0 Å². The Hall–Kier alpha value is -2.54. The lowest BCUT2D eigenvalue weighted by Crippen LogP contribution is -2.34. The van der Waals surface area contributed by atoms with Crippen LogP contribution in [0, 0.1) is 0 Å². The van der Waals surface area contributed by atoms with Crippen molar-refractivity contribution in [3.63, 3.8) is 0 Å². The number of benzene rings is 3. The van der Waals surface area contributed by atoms with E-state index in [1.165, 1.54) is 0 Å². The molecule has 5 nitrogen and oxygen atoms in total. The summed E-state index contributed by atoms with van der Waals surface area (Å²) in [7, 11) is 0. The maximum absolute atomic E-state index is 6.68. The first-order chi connectivity index (χ1) is 16.9. The summed E-state index contributed by atoms with van der Waals surface area (Å²) in [5.41, 5.74) is 2.53. The van der Waals surface area contributed by atoms with E-state index in [1.807, 2.05) is 61.5 Å². The van der Waals surface area contributed by atoms with Gasteiger partial charge in [-0.15, -0.1) is 0 Å². The molecule has 3 aromatic rings. The molecule has 0 N–H and O–H groups in total. The zero-order valence-electron chi connectivity index (χ0n) is 20.1. The maximum atomic E-state index is 6.68. The second-order valence-electron chi connectivity index (χ2n) is 7.66. The molecule has 0 aromatic heterocycles. The van der Waals surface area contributed by atoms with Gasteiger partial charge in [0.15, 0.2) is 0 Å². The minimum absolute atomic E-state index is 0.444. The largest absolute Gasteiger partial charge is 0.379 e. The Balaban J connectivity index is 1.54. The zero-order chi connectivity index (χ0) is 23.7. The van der Waals surface area contributed by atoms with E-state index < -0.39 is 5.60 Å². The molecule has 0 unspecified atom stereocenters. The quantitative estimate of drug-likeness (QED) is 0.206. The summed E-state index contributed by atoms with van der Waals surface area (Å²) in [6, 6.07) is 31.1. The molecule has 0 radical (unpaired) electrons. The van der Waals surface area contributed by atoms with Crippen LogP contribution in [0.5, 0.6) is 0 Å². The third-order valence-corrected chi connectivity index (χ3v) is 5.41. The fourth-order valence-electron chi connectivity index (χ4n) is 3.83. The van der Waals surface area contributed by atoms with Crippen LogP contribution in [-0.2, 0) is 29.3 Å². The molecular formula is C29H36O5. The molecule has 3 aromatic carbocycles. The molecule has 0 fully saturated rings. The molecule has 0 heterocycles. The number of hydrogen-bond acceptors (Lipinski definition) is 5. The van der Waals surface area contributed by atoms with Crippen molar-refractivity contribution in [1.82, 2.24) is 0 Å². The molecule has 0 amide bonds. The predicted molar refractivity (Wildman–Crippen MR) is 134 cm³/mol. The molecule has 0 bridgehead atoms. The number of ether oxygens (including phenoxy) is 5. The highest BCUT2D eigenvalue weighted by molar-refractivity contribution is 5.47. The van der Waals surface area contributed by atoms with Crippen LogP contribution in [0.1, 0.15) is 23.6 Å². The van der Waals surface area contributed by atoms with Crippen LogP contribution < -0.4 is 0 Å². The lowest BCUT2D eigenvalue weighted by Gasteiger charge is -2.36. The predicted octanol–water partition coefficient (Wildman–Crippen LogP) is 5.08. The summed E-state index contributed by atoms with van der Waals surface area (Å²) in [6.45, 7) is 6.96. The number of rotatable bonds is 17. The van der Waals surface area contributed by atoms with Gasteiger partial charge in [-0.2, -0.15) is 0 Å². The van der Waals surface area contributed by atoms with E-state index in [2.05, 4.69) is 36.4 Å². The fourth-order valence-corrected chi connectivity index (χ4v) is 3.83. The smallest absolute Gasteiger partial charge is 0.143 e. The van der Waals surface area contributed by atoms with Crippen molar-refractivity contribution in [2.75, 3.05) is 59.5 Å². The van der Waals surface area contributed by atoms with Crippen LogP contribution in [0.2, 0.25) is 0 Å². The summed E-state index contributed by atoms with van der Waals surface area (Å²) in [5, 5.41) is 0. The second-order valence-corrected chi connectivity index (χ2v) is 7.66. The molecule has 0 saturated heterocycles. The summed E-state index contributed by atoms with van der Waals surface area (Å²) in [6.07, 6.45) is 0. The highest BCUT2D eigenvalue weighted by atomic mass is 16.6. The van der Waals surface area contributed by atoms with Crippen molar-refractivity contribution in [3.8, 4) is 0 Å². The lowest BCUT2D eigenvalue weighted by molar-refractivity contribution is -0.0382. The number of hydrogen-bond donors (Lipinski definition) is 0. The highest BCUT2D eigenvalue weighted by Crippen LogP contribution is 2.40. The Morgan fingerprint density at radius 2 is 0.765 bits per heavy atom. The SMILES string of the molecule is CCOCCOCCOCCOCCOC(c1ccccc1)(c1ccccc1)c1ccccc1. The third kappa shape index (κ3) is 7.76. The highest BCUT2D eigenvalue weighted by Gasteiger charge is 2.37. The average Bonchev–Trinajstić information content (AvgIpc) is 2.91. The summed E-state index contributed by atoms with van der Waals surface area (Å²) in [5.74, 6) is 0. The molecular weight excluding hydrogens is 428 g/mol. The molecule has 0 aliphatic heterocycles. The minimum atomic E-state index is -0.720. The van der Waals surface area contributed by atoms with Crippen LogP contribution in [0.4, 0.5) is 0 Å². The lowest BCUT2D eigenvalue weighted by atomic mass is 9.80. The van der Waals surface area contributed by atoms with Crippen LogP contribution in [0.3, 0.4) is 0 Å². The van der Waals surface area contributed by atoms with Gasteiger partial charge in [0, 0.05) is 6.61 Å². The molecule has 5 heteroatoms. The van der Waals surface area contributed by atoms with Gasteiger partial charge in [-0.05, 0) is 23.6 Å². The van der Waals surface area contributed by atoms with Crippen molar-refractivity contribution in [2.24, 2.45) is 0 Å². The Morgan fingerprint density at radius 3 is 1.12 bits per heavy atom. The van der Waals surface area contributed by atoms with Crippen LogP contribution in [-0.4, -0.2) is 59.5 Å². The molecule has 182 valence electrons. The van der Waals surface area contributed by atoms with Crippen molar-refractivity contribution < 1.29 is 23.7 Å². The molecule has 0 aliphatic carbocycles. The van der Waals surface area contributed by atoms with Gasteiger partial charge in [-0.1, -0.05) is 91.0 Å². The van der Waals surface area contributed by atoms with E-state index in [0.29, 0.717) is 59.5 Å². The van der Waals surface area contributed by atoms with Crippen molar-refractivity contribution in [3.05, 3.63) is 108 Å². The molecule has 0 spiro atoms. The Labute approximate surface area is 203 Å². The first kappa shape index (κ1) is 26.1. The van der Waals surface area contributed by atoms with Gasteiger partial charge in [-0.25, -0.2) is 0 Å². The molecule has 0 aliphatic rings. The van der Waals surface area contributed by atoms with Crippen LogP contribution in [0.25, 0.3) is 0 Å². The average molecular weight is 465 g/mol. The molecule has 34 heavy (non-hydrogen) atoms. The van der Waals surface area contributed by atoms with Gasteiger partial charge in [-0.3, -0.25) is 0 Å². The molecule has 3 rings (SSSR count). The minimum Gasteiger partial charge on any atom is -0.379 e. The standard InChI is InChI=1S/C29H36O5/c1-2-30-18-19-31-20-21-32-22-23-33-24-25-34-29(26-12-6-3-7-13-26,27-14-8-4-9-15-27)28-16-10-5-11-17-28/h3-17H,2,18-25H2,1H3. The Kier molecular flexibility index (Phi) is 11.8. The van der Waals surface area contributed by atoms with Gasteiger partial charge in [0.2, 0.25) is 0 Å². The Morgan fingerprint density at radius 1 is 0.441 bits per heavy atom. The van der Waals surface area contributed by atoms with E-state index in [1.54, 1.807) is 0 Å².